The maximum absolute atomic E-state index is 5.02. The molecule has 0 saturated heterocycles. The van der Waals surface area contributed by atoms with E-state index in [1.54, 1.807) is 14.2 Å². The van der Waals surface area contributed by atoms with Gasteiger partial charge in [-0.2, -0.15) is 5.10 Å². The number of ether oxygens (including phenoxy) is 1. The molecule has 0 aliphatic rings. The first-order chi connectivity index (χ1) is 11.7. The molecule has 1 heterocycles. The minimum atomic E-state index is 0. The van der Waals surface area contributed by atoms with E-state index in [2.05, 4.69) is 46.0 Å². The maximum atomic E-state index is 5.02. The summed E-state index contributed by atoms with van der Waals surface area (Å²) in [6.45, 7) is 4.34. The van der Waals surface area contributed by atoms with E-state index >= 15 is 0 Å². The quantitative estimate of drug-likeness (QED) is 0.277. The van der Waals surface area contributed by atoms with E-state index in [4.69, 9.17) is 4.74 Å². The molecule has 0 fully saturated rings. The van der Waals surface area contributed by atoms with Crippen LogP contribution in [0.3, 0.4) is 0 Å². The highest BCUT2D eigenvalue weighted by Gasteiger charge is 2.06. The number of nitrogens with one attached hydrogen (secondary N) is 2. The third-order valence-electron chi connectivity index (χ3n) is 3.76. The molecule has 1 aromatic heterocycles. The molecule has 0 bridgehead atoms. The number of hydrogen-bond donors (Lipinski definition) is 2. The summed E-state index contributed by atoms with van der Waals surface area (Å²) in [5.74, 6) is 0.809. The monoisotopic (exact) mass is 457 g/mol. The van der Waals surface area contributed by atoms with Crippen LogP contribution in [0.4, 0.5) is 0 Å². The Morgan fingerprint density at radius 2 is 1.92 bits per heavy atom. The molecule has 6 nitrogen and oxygen atoms in total. The molecule has 0 aliphatic heterocycles. The standard InChI is InChI=1S/C18H27N5O.HI/c1-15-16(14-23(22-15)17-9-5-4-6-10-17)8-7-11-20-18(19-2)21-12-13-24-3;/h4-6,9-10,14H,7-8,11-13H2,1-3H3,(H2,19,20,21);1H. The number of aryl methyl sites for hydroxylation is 2. The molecular formula is C18H28IN5O. The number of guanidine groups is 1. The van der Waals surface area contributed by atoms with Crippen LogP contribution >= 0.6 is 24.0 Å². The number of halogens is 1. The fourth-order valence-electron chi connectivity index (χ4n) is 2.43. The van der Waals surface area contributed by atoms with Crippen LogP contribution in [0, 0.1) is 6.92 Å². The summed E-state index contributed by atoms with van der Waals surface area (Å²) in [7, 11) is 3.46. The van der Waals surface area contributed by atoms with E-state index in [0.29, 0.717) is 6.61 Å². The van der Waals surface area contributed by atoms with Gasteiger partial charge >= 0.3 is 0 Å². The lowest BCUT2D eigenvalue weighted by atomic mass is 10.1. The number of hydrogen-bond acceptors (Lipinski definition) is 3. The minimum Gasteiger partial charge on any atom is -0.383 e. The van der Waals surface area contributed by atoms with Crippen molar-refractivity contribution in [3.05, 3.63) is 47.8 Å². The zero-order valence-electron chi connectivity index (χ0n) is 15.2. The highest BCUT2D eigenvalue weighted by atomic mass is 127. The van der Waals surface area contributed by atoms with E-state index in [0.717, 1.165) is 43.3 Å². The zero-order chi connectivity index (χ0) is 17.2. The number of methoxy groups -OCH3 is 1. The van der Waals surface area contributed by atoms with Crippen molar-refractivity contribution in [2.75, 3.05) is 33.9 Å². The molecule has 0 atom stereocenters. The highest BCUT2D eigenvalue weighted by molar-refractivity contribution is 14.0. The summed E-state index contributed by atoms with van der Waals surface area (Å²) in [6.07, 6.45) is 4.13. The van der Waals surface area contributed by atoms with Crippen molar-refractivity contribution in [2.45, 2.75) is 19.8 Å². The van der Waals surface area contributed by atoms with Gasteiger partial charge in [0.25, 0.3) is 0 Å². The van der Waals surface area contributed by atoms with Crippen LogP contribution in [0.25, 0.3) is 5.69 Å². The van der Waals surface area contributed by atoms with Gasteiger partial charge in [-0.1, -0.05) is 18.2 Å². The molecule has 0 amide bonds. The molecule has 0 radical (unpaired) electrons. The molecule has 1 aromatic carbocycles. The van der Waals surface area contributed by atoms with Gasteiger partial charge in [0.2, 0.25) is 0 Å². The summed E-state index contributed by atoms with van der Waals surface area (Å²) in [6, 6.07) is 10.2. The first-order valence-corrected chi connectivity index (χ1v) is 8.28. The lowest BCUT2D eigenvalue weighted by Crippen LogP contribution is -2.39. The Morgan fingerprint density at radius 3 is 2.60 bits per heavy atom. The average Bonchev–Trinajstić information content (AvgIpc) is 2.99. The molecule has 0 unspecified atom stereocenters. The van der Waals surface area contributed by atoms with Crippen LogP contribution in [0.1, 0.15) is 17.7 Å². The van der Waals surface area contributed by atoms with Gasteiger partial charge in [-0.05, 0) is 37.5 Å². The molecule has 0 saturated carbocycles. The minimum absolute atomic E-state index is 0. The lowest BCUT2D eigenvalue weighted by molar-refractivity contribution is 0.203. The number of rotatable bonds is 8. The van der Waals surface area contributed by atoms with Crippen molar-refractivity contribution >= 4 is 29.9 Å². The maximum Gasteiger partial charge on any atom is 0.191 e. The summed E-state index contributed by atoms with van der Waals surface area (Å²) < 4.78 is 6.97. The number of aliphatic imine (C=N–C) groups is 1. The predicted octanol–water partition coefficient (Wildman–Crippen LogP) is 2.54. The third kappa shape index (κ3) is 7.03. The lowest BCUT2D eigenvalue weighted by Gasteiger charge is -2.11. The largest absolute Gasteiger partial charge is 0.383 e. The number of nitrogens with zero attached hydrogens (tertiary/aromatic N) is 3. The fraction of sp³-hybridized carbons (Fsp3) is 0.444. The van der Waals surface area contributed by atoms with Crippen molar-refractivity contribution in [1.29, 1.82) is 0 Å². The molecule has 25 heavy (non-hydrogen) atoms. The Morgan fingerprint density at radius 1 is 1.20 bits per heavy atom. The van der Waals surface area contributed by atoms with Gasteiger partial charge in [0.15, 0.2) is 5.96 Å². The second-order valence-corrected chi connectivity index (χ2v) is 5.54. The Labute approximate surface area is 167 Å². The van der Waals surface area contributed by atoms with Crippen LogP contribution in [-0.2, 0) is 11.2 Å². The van der Waals surface area contributed by atoms with Crippen molar-refractivity contribution in [3.8, 4) is 5.69 Å². The molecular weight excluding hydrogens is 429 g/mol. The van der Waals surface area contributed by atoms with Gasteiger partial charge in [-0.15, -0.1) is 24.0 Å². The summed E-state index contributed by atoms with van der Waals surface area (Å²) in [4.78, 5) is 4.19. The molecule has 2 aromatic rings. The van der Waals surface area contributed by atoms with Crippen LogP contribution < -0.4 is 10.6 Å². The molecule has 2 N–H and O–H groups in total. The second kappa shape index (κ2) is 11.9. The summed E-state index contributed by atoms with van der Waals surface area (Å²) in [5, 5.41) is 11.1. The first-order valence-electron chi connectivity index (χ1n) is 8.28. The number of para-hydroxylation sites is 1. The molecule has 2 rings (SSSR count). The van der Waals surface area contributed by atoms with Gasteiger partial charge < -0.3 is 15.4 Å². The Hall–Kier alpha value is -1.61. The van der Waals surface area contributed by atoms with Crippen molar-refractivity contribution < 1.29 is 4.74 Å². The summed E-state index contributed by atoms with van der Waals surface area (Å²) >= 11 is 0. The van der Waals surface area contributed by atoms with Crippen molar-refractivity contribution in [2.24, 2.45) is 4.99 Å². The molecule has 7 heteroatoms. The zero-order valence-corrected chi connectivity index (χ0v) is 17.5. The number of benzene rings is 1. The Balaban J connectivity index is 0.00000312. The summed E-state index contributed by atoms with van der Waals surface area (Å²) in [5.41, 5.74) is 3.46. The van der Waals surface area contributed by atoms with E-state index in [9.17, 15) is 0 Å². The van der Waals surface area contributed by atoms with Gasteiger partial charge in [0, 0.05) is 33.4 Å². The van der Waals surface area contributed by atoms with Gasteiger partial charge in [0.05, 0.1) is 18.0 Å². The molecule has 0 spiro atoms. The smallest absolute Gasteiger partial charge is 0.191 e. The Bertz CT molecular complexity index is 642. The Kier molecular flexibility index (Phi) is 10.2. The second-order valence-electron chi connectivity index (χ2n) is 5.54. The first kappa shape index (κ1) is 21.4. The van der Waals surface area contributed by atoms with Gasteiger partial charge in [-0.3, -0.25) is 4.99 Å². The van der Waals surface area contributed by atoms with E-state index in [-0.39, 0.29) is 24.0 Å². The average molecular weight is 457 g/mol. The van der Waals surface area contributed by atoms with Crippen molar-refractivity contribution in [1.82, 2.24) is 20.4 Å². The normalized spacial score (nSPS) is 11.1. The van der Waals surface area contributed by atoms with E-state index in [1.165, 1.54) is 5.56 Å². The van der Waals surface area contributed by atoms with Gasteiger partial charge in [0.1, 0.15) is 0 Å². The third-order valence-corrected chi connectivity index (χ3v) is 3.76. The fourth-order valence-corrected chi connectivity index (χ4v) is 2.43. The van der Waals surface area contributed by atoms with E-state index in [1.807, 2.05) is 22.9 Å². The topological polar surface area (TPSA) is 63.5 Å². The van der Waals surface area contributed by atoms with Crippen LogP contribution in [-0.4, -0.2) is 49.6 Å². The highest BCUT2D eigenvalue weighted by Crippen LogP contribution is 2.13. The van der Waals surface area contributed by atoms with Gasteiger partial charge in [-0.25, -0.2) is 4.68 Å². The van der Waals surface area contributed by atoms with Crippen LogP contribution in [0.15, 0.2) is 41.5 Å². The molecule has 138 valence electrons. The van der Waals surface area contributed by atoms with E-state index < -0.39 is 0 Å². The SMILES string of the molecule is CN=C(NCCCc1cn(-c2ccccc2)nc1C)NCCOC.I. The van der Waals surface area contributed by atoms with Crippen molar-refractivity contribution in [3.63, 3.8) is 0 Å². The number of aromatic nitrogens is 2. The molecule has 0 aliphatic carbocycles. The predicted molar refractivity (Wildman–Crippen MR) is 113 cm³/mol. The van der Waals surface area contributed by atoms with Crippen LogP contribution in [0.5, 0.6) is 0 Å². The van der Waals surface area contributed by atoms with Crippen LogP contribution in [0.2, 0.25) is 0 Å².